The topological polar surface area (TPSA) is 26.3 Å². The highest BCUT2D eigenvalue weighted by atomic mass is 19.1. The summed E-state index contributed by atoms with van der Waals surface area (Å²) in [6.07, 6.45) is 0.277. The SMILES string of the molecule is CCC(=O)c1cc(OCc2ccccc2)ccc1F. The number of Topliss-reactive ketones (excluding diaryl/α,β-unsaturated/α-hetero) is 1. The van der Waals surface area contributed by atoms with E-state index in [9.17, 15) is 9.18 Å². The Hall–Kier alpha value is -2.16. The van der Waals surface area contributed by atoms with Crippen molar-refractivity contribution in [3.63, 3.8) is 0 Å². The molecule has 0 radical (unpaired) electrons. The van der Waals surface area contributed by atoms with Gasteiger partial charge in [0.15, 0.2) is 5.78 Å². The number of ether oxygens (including phenoxy) is 1. The maximum atomic E-state index is 13.5. The Labute approximate surface area is 111 Å². The molecule has 0 spiro atoms. The Balaban J connectivity index is 2.11. The lowest BCUT2D eigenvalue weighted by Crippen LogP contribution is -2.02. The van der Waals surface area contributed by atoms with Crippen LogP contribution >= 0.6 is 0 Å². The van der Waals surface area contributed by atoms with Crippen LogP contribution in [0.25, 0.3) is 0 Å². The van der Waals surface area contributed by atoms with E-state index in [2.05, 4.69) is 0 Å². The standard InChI is InChI=1S/C16H15FO2/c1-2-16(18)14-10-13(8-9-15(14)17)19-11-12-6-4-3-5-7-12/h3-10H,2,11H2,1H3. The fourth-order valence-electron chi connectivity index (χ4n) is 1.74. The van der Waals surface area contributed by atoms with Crippen molar-refractivity contribution in [2.75, 3.05) is 0 Å². The van der Waals surface area contributed by atoms with E-state index in [1.54, 1.807) is 6.92 Å². The van der Waals surface area contributed by atoms with Gasteiger partial charge in [0.05, 0.1) is 5.56 Å². The molecule has 0 saturated heterocycles. The summed E-state index contributed by atoms with van der Waals surface area (Å²) in [6, 6.07) is 13.9. The summed E-state index contributed by atoms with van der Waals surface area (Å²) in [7, 11) is 0. The van der Waals surface area contributed by atoms with Crippen molar-refractivity contribution in [3.8, 4) is 5.75 Å². The summed E-state index contributed by atoms with van der Waals surface area (Å²) in [5.74, 6) is -0.219. The van der Waals surface area contributed by atoms with Gasteiger partial charge in [-0.3, -0.25) is 4.79 Å². The van der Waals surface area contributed by atoms with Gasteiger partial charge in [-0.2, -0.15) is 0 Å². The third kappa shape index (κ3) is 3.41. The average Bonchev–Trinajstić information content (AvgIpc) is 2.46. The lowest BCUT2D eigenvalue weighted by atomic mass is 10.1. The average molecular weight is 258 g/mol. The summed E-state index contributed by atoms with van der Waals surface area (Å²) in [5, 5.41) is 0. The molecule has 0 amide bonds. The molecule has 19 heavy (non-hydrogen) atoms. The van der Waals surface area contributed by atoms with Gasteiger partial charge in [-0.1, -0.05) is 37.3 Å². The van der Waals surface area contributed by atoms with Crippen molar-refractivity contribution in [2.45, 2.75) is 20.0 Å². The van der Waals surface area contributed by atoms with E-state index in [0.29, 0.717) is 12.4 Å². The Morgan fingerprint density at radius 2 is 1.89 bits per heavy atom. The van der Waals surface area contributed by atoms with Gasteiger partial charge in [-0.15, -0.1) is 0 Å². The van der Waals surface area contributed by atoms with Crippen LogP contribution in [-0.4, -0.2) is 5.78 Å². The minimum atomic E-state index is -0.501. The van der Waals surface area contributed by atoms with Crippen LogP contribution in [0, 0.1) is 5.82 Å². The van der Waals surface area contributed by atoms with E-state index >= 15 is 0 Å². The zero-order valence-corrected chi connectivity index (χ0v) is 10.7. The molecule has 0 aromatic heterocycles. The molecular formula is C16H15FO2. The lowest BCUT2D eigenvalue weighted by molar-refractivity contribution is 0.0983. The number of ketones is 1. The minimum absolute atomic E-state index is 0.0908. The Morgan fingerprint density at radius 3 is 2.58 bits per heavy atom. The van der Waals surface area contributed by atoms with Crippen molar-refractivity contribution < 1.29 is 13.9 Å². The molecular weight excluding hydrogens is 243 g/mol. The molecule has 2 nitrogen and oxygen atoms in total. The number of benzene rings is 2. The number of hydrogen-bond donors (Lipinski definition) is 0. The third-order valence-corrected chi connectivity index (χ3v) is 2.81. The Morgan fingerprint density at radius 1 is 1.16 bits per heavy atom. The molecule has 0 aliphatic rings. The number of halogens is 1. The van der Waals surface area contributed by atoms with Crippen molar-refractivity contribution in [1.82, 2.24) is 0 Å². The highest BCUT2D eigenvalue weighted by Crippen LogP contribution is 2.19. The van der Waals surface area contributed by atoms with Gasteiger partial charge >= 0.3 is 0 Å². The van der Waals surface area contributed by atoms with Gasteiger partial charge < -0.3 is 4.74 Å². The second kappa shape index (κ2) is 6.14. The van der Waals surface area contributed by atoms with Gasteiger partial charge in [-0.05, 0) is 23.8 Å². The fraction of sp³-hybridized carbons (Fsp3) is 0.188. The largest absolute Gasteiger partial charge is 0.489 e. The zero-order valence-electron chi connectivity index (χ0n) is 10.7. The van der Waals surface area contributed by atoms with Crippen LogP contribution in [0.3, 0.4) is 0 Å². The van der Waals surface area contributed by atoms with Gasteiger partial charge in [0.1, 0.15) is 18.2 Å². The molecule has 0 aliphatic heterocycles. The fourth-order valence-corrected chi connectivity index (χ4v) is 1.74. The predicted octanol–water partition coefficient (Wildman–Crippen LogP) is 4.00. The number of hydrogen-bond acceptors (Lipinski definition) is 2. The smallest absolute Gasteiger partial charge is 0.165 e. The summed E-state index contributed by atoms with van der Waals surface area (Å²) in [4.78, 5) is 11.6. The van der Waals surface area contributed by atoms with Crippen LogP contribution in [-0.2, 0) is 6.61 Å². The monoisotopic (exact) mass is 258 g/mol. The van der Waals surface area contributed by atoms with E-state index in [-0.39, 0.29) is 17.8 Å². The second-order valence-corrected chi connectivity index (χ2v) is 4.19. The van der Waals surface area contributed by atoms with Gasteiger partial charge in [0.25, 0.3) is 0 Å². The Kier molecular flexibility index (Phi) is 4.29. The molecule has 2 aromatic carbocycles. The van der Waals surface area contributed by atoms with Crippen LogP contribution in [0.15, 0.2) is 48.5 Å². The minimum Gasteiger partial charge on any atom is -0.489 e. The van der Waals surface area contributed by atoms with Crippen molar-refractivity contribution in [2.24, 2.45) is 0 Å². The molecule has 0 bridgehead atoms. The van der Waals surface area contributed by atoms with Crippen molar-refractivity contribution in [1.29, 1.82) is 0 Å². The molecule has 98 valence electrons. The maximum Gasteiger partial charge on any atom is 0.165 e. The Bertz CT molecular complexity index is 564. The first-order chi connectivity index (χ1) is 9.20. The quantitative estimate of drug-likeness (QED) is 0.758. The second-order valence-electron chi connectivity index (χ2n) is 4.19. The molecule has 0 fully saturated rings. The summed E-state index contributed by atoms with van der Waals surface area (Å²) in [5.41, 5.74) is 1.11. The van der Waals surface area contributed by atoms with Crippen LogP contribution < -0.4 is 4.74 Å². The molecule has 2 rings (SSSR count). The lowest BCUT2D eigenvalue weighted by Gasteiger charge is -2.08. The number of carbonyl (C=O) groups excluding carboxylic acids is 1. The summed E-state index contributed by atoms with van der Waals surface area (Å²) < 4.78 is 19.1. The van der Waals surface area contributed by atoms with Crippen molar-refractivity contribution in [3.05, 3.63) is 65.5 Å². The van der Waals surface area contributed by atoms with Crippen LogP contribution in [0.5, 0.6) is 5.75 Å². The van der Waals surface area contributed by atoms with E-state index < -0.39 is 5.82 Å². The van der Waals surface area contributed by atoms with E-state index in [1.165, 1.54) is 18.2 Å². The zero-order chi connectivity index (χ0) is 13.7. The summed E-state index contributed by atoms with van der Waals surface area (Å²) >= 11 is 0. The molecule has 0 heterocycles. The molecule has 0 aliphatic carbocycles. The van der Waals surface area contributed by atoms with Crippen LogP contribution in [0.4, 0.5) is 4.39 Å². The van der Waals surface area contributed by atoms with E-state index in [4.69, 9.17) is 4.74 Å². The van der Waals surface area contributed by atoms with Gasteiger partial charge in [-0.25, -0.2) is 4.39 Å². The highest BCUT2D eigenvalue weighted by molar-refractivity contribution is 5.96. The maximum absolute atomic E-state index is 13.5. The van der Waals surface area contributed by atoms with Gasteiger partial charge in [0.2, 0.25) is 0 Å². The first-order valence-electron chi connectivity index (χ1n) is 6.20. The molecule has 3 heteroatoms. The normalized spacial score (nSPS) is 10.2. The van der Waals surface area contributed by atoms with E-state index in [1.807, 2.05) is 30.3 Å². The van der Waals surface area contributed by atoms with Gasteiger partial charge in [0, 0.05) is 6.42 Å². The van der Waals surface area contributed by atoms with Crippen LogP contribution in [0.1, 0.15) is 29.3 Å². The van der Waals surface area contributed by atoms with Crippen LogP contribution in [0.2, 0.25) is 0 Å². The molecule has 0 unspecified atom stereocenters. The predicted molar refractivity (Wildman–Crippen MR) is 71.8 cm³/mol. The molecule has 2 aromatic rings. The molecule has 0 N–H and O–H groups in total. The van der Waals surface area contributed by atoms with E-state index in [0.717, 1.165) is 5.56 Å². The third-order valence-electron chi connectivity index (χ3n) is 2.81. The first kappa shape index (κ1) is 13.3. The summed E-state index contributed by atoms with van der Waals surface area (Å²) in [6.45, 7) is 2.10. The number of rotatable bonds is 5. The molecule has 0 atom stereocenters. The highest BCUT2D eigenvalue weighted by Gasteiger charge is 2.11. The molecule has 0 saturated carbocycles. The first-order valence-corrected chi connectivity index (χ1v) is 6.20. The number of carbonyl (C=O) groups is 1. The van der Waals surface area contributed by atoms with Crippen molar-refractivity contribution >= 4 is 5.78 Å².